The molecule has 2 amide bonds. The molecule has 5 rings (SSSR count). The third kappa shape index (κ3) is 5.24. The van der Waals surface area contributed by atoms with Crippen molar-refractivity contribution in [2.24, 2.45) is 0 Å². The van der Waals surface area contributed by atoms with E-state index in [0.717, 1.165) is 16.7 Å². The maximum Gasteiger partial charge on any atom is 0.356 e. The minimum Gasteiger partial charge on any atom is -0.484 e. The van der Waals surface area contributed by atoms with Crippen LogP contribution in [0.25, 0.3) is 0 Å². The maximum absolute atomic E-state index is 13.5. The lowest BCUT2D eigenvalue weighted by Gasteiger charge is -2.49. The second-order valence-corrected chi connectivity index (χ2v) is 9.90. The smallest absolute Gasteiger partial charge is 0.356 e. The van der Waals surface area contributed by atoms with Crippen molar-refractivity contribution in [3.63, 3.8) is 0 Å². The van der Waals surface area contributed by atoms with Gasteiger partial charge in [0, 0.05) is 5.75 Å². The predicted octanol–water partition coefficient (Wildman–Crippen LogP) is 4.07. The van der Waals surface area contributed by atoms with Crippen molar-refractivity contribution < 1.29 is 23.9 Å². The number of ether oxygens (including phenoxy) is 2. The number of β-lactam (4-membered cyclic amide) rings is 1. The highest BCUT2D eigenvalue weighted by Gasteiger charge is 2.54. The molecule has 8 heteroatoms. The Balaban J connectivity index is 1.28. The van der Waals surface area contributed by atoms with Gasteiger partial charge in [0.1, 0.15) is 22.9 Å². The van der Waals surface area contributed by atoms with Crippen molar-refractivity contribution in [2.45, 2.75) is 24.4 Å². The van der Waals surface area contributed by atoms with Crippen LogP contribution in [0.4, 0.5) is 0 Å². The summed E-state index contributed by atoms with van der Waals surface area (Å²) in [6, 6.07) is 27.3. The molecule has 0 radical (unpaired) electrons. The fourth-order valence-corrected chi connectivity index (χ4v) is 5.68. The van der Waals surface area contributed by atoms with Gasteiger partial charge in [0.05, 0.1) is 0 Å². The number of carbonyl (C=O) groups is 3. The first-order valence-corrected chi connectivity index (χ1v) is 13.0. The van der Waals surface area contributed by atoms with Gasteiger partial charge in [-0.05, 0) is 35.8 Å². The van der Waals surface area contributed by atoms with E-state index in [1.807, 2.05) is 85.8 Å². The Morgan fingerprint density at radius 2 is 1.51 bits per heavy atom. The number of esters is 1. The second-order valence-electron chi connectivity index (χ2n) is 8.79. The van der Waals surface area contributed by atoms with Gasteiger partial charge in [-0.15, -0.1) is 11.8 Å². The average Bonchev–Trinajstić information content (AvgIpc) is 2.94. The molecule has 2 aliphatic heterocycles. The minimum atomic E-state index is -0.730. The largest absolute Gasteiger partial charge is 0.484 e. The first kappa shape index (κ1) is 24.6. The lowest BCUT2D eigenvalue weighted by molar-refractivity contribution is -0.154. The zero-order chi connectivity index (χ0) is 25.8. The molecular formula is C29H26N2O5S. The molecule has 1 fully saturated rings. The van der Waals surface area contributed by atoms with Crippen molar-refractivity contribution in [3.8, 4) is 5.75 Å². The van der Waals surface area contributed by atoms with Gasteiger partial charge in [-0.3, -0.25) is 14.5 Å². The quantitative estimate of drug-likeness (QED) is 0.360. The highest BCUT2D eigenvalue weighted by Crippen LogP contribution is 2.41. The summed E-state index contributed by atoms with van der Waals surface area (Å²) in [5.74, 6) is -0.182. The van der Waals surface area contributed by atoms with E-state index in [9.17, 15) is 14.4 Å². The van der Waals surface area contributed by atoms with E-state index in [2.05, 4.69) is 5.32 Å². The van der Waals surface area contributed by atoms with Gasteiger partial charge in [0.25, 0.3) is 11.8 Å². The Labute approximate surface area is 219 Å². The Morgan fingerprint density at radius 1 is 0.946 bits per heavy atom. The van der Waals surface area contributed by atoms with Gasteiger partial charge in [0.2, 0.25) is 0 Å². The topological polar surface area (TPSA) is 84.9 Å². The monoisotopic (exact) mass is 514 g/mol. The molecule has 3 aromatic carbocycles. The molecule has 0 spiro atoms. The second kappa shape index (κ2) is 10.9. The van der Waals surface area contributed by atoms with Gasteiger partial charge in [-0.1, -0.05) is 78.9 Å². The molecule has 188 valence electrons. The number of rotatable bonds is 8. The van der Waals surface area contributed by atoms with Gasteiger partial charge in [-0.25, -0.2) is 4.79 Å². The molecule has 2 atom stereocenters. The Kier molecular flexibility index (Phi) is 7.28. The molecule has 2 unspecified atom stereocenters. The molecule has 2 heterocycles. The Hall–Kier alpha value is -4.04. The van der Waals surface area contributed by atoms with Crippen LogP contribution in [0.5, 0.6) is 5.75 Å². The number of benzene rings is 3. The highest BCUT2D eigenvalue weighted by molar-refractivity contribution is 8.00. The summed E-state index contributed by atoms with van der Waals surface area (Å²) in [7, 11) is 0. The number of fused-ring (bicyclic) bond motifs is 1. The molecule has 2 aliphatic rings. The van der Waals surface area contributed by atoms with Crippen LogP contribution in [-0.2, 0) is 19.1 Å². The fraction of sp³-hybridized carbons (Fsp3) is 0.207. The van der Waals surface area contributed by atoms with Crippen LogP contribution in [0, 0.1) is 0 Å². The van der Waals surface area contributed by atoms with E-state index in [4.69, 9.17) is 9.47 Å². The summed E-state index contributed by atoms with van der Waals surface area (Å²) in [6.07, 6.45) is -0.620. The molecule has 1 saturated heterocycles. The number of hydrogen-bond donors (Lipinski definition) is 1. The van der Waals surface area contributed by atoms with Gasteiger partial charge >= 0.3 is 5.97 Å². The highest BCUT2D eigenvalue weighted by atomic mass is 32.2. The van der Waals surface area contributed by atoms with Crippen LogP contribution >= 0.6 is 11.8 Å². The molecule has 1 N–H and O–H groups in total. The molecule has 0 saturated carbocycles. The van der Waals surface area contributed by atoms with Gasteiger partial charge in [-0.2, -0.15) is 0 Å². The van der Waals surface area contributed by atoms with Crippen LogP contribution in [0.1, 0.15) is 24.2 Å². The lowest BCUT2D eigenvalue weighted by atomic mass is 10.0. The van der Waals surface area contributed by atoms with Crippen LogP contribution < -0.4 is 10.1 Å². The molecule has 0 aliphatic carbocycles. The summed E-state index contributed by atoms with van der Waals surface area (Å²) in [4.78, 5) is 40.5. The zero-order valence-electron chi connectivity index (χ0n) is 20.2. The summed E-state index contributed by atoms with van der Waals surface area (Å²) in [6.45, 7) is 1.62. The number of carbonyl (C=O) groups excluding carboxylic acids is 3. The Morgan fingerprint density at radius 3 is 2.11 bits per heavy atom. The van der Waals surface area contributed by atoms with Crippen LogP contribution in [0.3, 0.4) is 0 Å². The lowest BCUT2D eigenvalue weighted by Crippen LogP contribution is -2.70. The normalized spacial score (nSPS) is 18.6. The summed E-state index contributed by atoms with van der Waals surface area (Å²) < 4.78 is 11.5. The summed E-state index contributed by atoms with van der Waals surface area (Å²) in [5.41, 5.74) is 2.68. The van der Waals surface area contributed by atoms with Crippen molar-refractivity contribution >= 4 is 29.5 Å². The van der Waals surface area contributed by atoms with Gasteiger partial charge in [0.15, 0.2) is 12.7 Å². The number of hydrogen-bond acceptors (Lipinski definition) is 6. The van der Waals surface area contributed by atoms with E-state index >= 15 is 0 Å². The average molecular weight is 515 g/mol. The fourth-order valence-electron chi connectivity index (χ4n) is 4.39. The number of para-hydroxylation sites is 1. The summed E-state index contributed by atoms with van der Waals surface area (Å²) >= 11 is 1.51. The first-order chi connectivity index (χ1) is 18.0. The molecule has 7 nitrogen and oxygen atoms in total. The molecule has 3 aromatic rings. The third-order valence-corrected chi connectivity index (χ3v) is 7.64. The van der Waals surface area contributed by atoms with Crippen molar-refractivity contribution in [2.75, 3.05) is 12.4 Å². The minimum absolute atomic E-state index is 0.204. The number of nitrogens with zero attached hydrogens (tertiary/aromatic N) is 1. The van der Waals surface area contributed by atoms with Crippen molar-refractivity contribution in [3.05, 3.63) is 113 Å². The van der Waals surface area contributed by atoms with Crippen molar-refractivity contribution in [1.82, 2.24) is 10.2 Å². The molecule has 0 bridgehead atoms. The summed E-state index contributed by atoms with van der Waals surface area (Å²) in [5, 5.41) is 2.37. The Bertz CT molecular complexity index is 1270. The first-order valence-electron chi connectivity index (χ1n) is 12.0. The zero-order valence-corrected chi connectivity index (χ0v) is 21.0. The molecule has 37 heavy (non-hydrogen) atoms. The molecule has 0 aromatic heterocycles. The van der Waals surface area contributed by atoms with Crippen LogP contribution in [-0.4, -0.2) is 46.5 Å². The van der Waals surface area contributed by atoms with Crippen molar-refractivity contribution in [1.29, 1.82) is 0 Å². The maximum atomic E-state index is 13.5. The van der Waals surface area contributed by atoms with Gasteiger partial charge < -0.3 is 14.8 Å². The number of thioether (sulfide) groups is 1. The van der Waals surface area contributed by atoms with E-state index in [0.29, 0.717) is 11.5 Å². The number of amides is 2. The standard InChI is InChI=1S/C29H26N2O5S/c1-19-18-37-28-24(30-23(32)17-35-22-15-9-4-10-16-22)27(33)31(28)25(19)29(34)36-26(20-11-5-2-6-12-20)21-13-7-3-8-14-21/h2-16,24,26,28H,17-18H2,1H3,(H,30,32). The van der Waals surface area contributed by atoms with Crippen LogP contribution in [0.15, 0.2) is 102 Å². The predicted molar refractivity (Wildman–Crippen MR) is 140 cm³/mol. The SMILES string of the molecule is CC1=C(C(=O)OC(c2ccccc2)c2ccccc2)N2C(=O)C(NC(=O)COc3ccccc3)C2SC1. The van der Waals surface area contributed by atoms with E-state index in [1.165, 1.54) is 16.7 Å². The third-order valence-electron chi connectivity index (χ3n) is 6.21. The molecular weight excluding hydrogens is 488 g/mol. The van der Waals surface area contributed by atoms with E-state index in [-0.39, 0.29) is 23.6 Å². The van der Waals surface area contributed by atoms with E-state index < -0.39 is 24.0 Å². The van der Waals surface area contributed by atoms with Crippen LogP contribution in [0.2, 0.25) is 0 Å². The number of nitrogens with one attached hydrogen (secondary N) is 1. The van der Waals surface area contributed by atoms with E-state index in [1.54, 1.807) is 12.1 Å².